The van der Waals surface area contributed by atoms with Crippen LogP contribution < -0.4 is 5.32 Å². The van der Waals surface area contributed by atoms with Crippen molar-refractivity contribution in [2.24, 2.45) is 0 Å². The van der Waals surface area contributed by atoms with Crippen LogP contribution in [0.3, 0.4) is 0 Å². The minimum atomic E-state index is 0.0350. The van der Waals surface area contributed by atoms with Gasteiger partial charge in [0.25, 0.3) is 0 Å². The van der Waals surface area contributed by atoms with Crippen LogP contribution in [-0.4, -0.2) is 22.0 Å². The standard InChI is InChI=1S/C14H17N3O/c1-12-4-5-13(11-16-12)10-14(18)15-6-9-17-7-2-3-8-17/h2-5,7-8,11H,6,9-10H2,1H3,(H,15,18). The number of rotatable bonds is 5. The van der Waals surface area contributed by atoms with Gasteiger partial charge in [0.15, 0.2) is 0 Å². The van der Waals surface area contributed by atoms with Gasteiger partial charge >= 0.3 is 0 Å². The van der Waals surface area contributed by atoms with Gasteiger partial charge < -0.3 is 9.88 Å². The van der Waals surface area contributed by atoms with Gasteiger partial charge in [-0.25, -0.2) is 0 Å². The van der Waals surface area contributed by atoms with Gasteiger partial charge in [-0.2, -0.15) is 0 Å². The molecule has 0 fully saturated rings. The van der Waals surface area contributed by atoms with E-state index in [1.165, 1.54) is 0 Å². The Morgan fingerprint density at radius 2 is 2.11 bits per heavy atom. The zero-order valence-electron chi connectivity index (χ0n) is 10.5. The van der Waals surface area contributed by atoms with Crippen molar-refractivity contribution >= 4 is 5.91 Å². The fourth-order valence-electron chi connectivity index (χ4n) is 1.69. The molecule has 0 aliphatic rings. The first-order chi connectivity index (χ1) is 8.74. The number of nitrogens with one attached hydrogen (secondary N) is 1. The third-order valence-corrected chi connectivity index (χ3v) is 2.70. The second-order valence-electron chi connectivity index (χ2n) is 4.26. The first-order valence-corrected chi connectivity index (χ1v) is 6.03. The Bertz CT molecular complexity index is 488. The van der Waals surface area contributed by atoms with E-state index >= 15 is 0 Å². The summed E-state index contributed by atoms with van der Waals surface area (Å²) in [7, 11) is 0. The predicted octanol–water partition coefficient (Wildman–Crippen LogP) is 1.55. The Hall–Kier alpha value is -2.10. The molecule has 1 amide bonds. The highest BCUT2D eigenvalue weighted by molar-refractivity contribution is 5.78. The number of nitrogens with zero attached hydrogens (tertiary/aromatic N) is 2. The van der Waals surface area contributed by atoms with Crippen LogP contribution in [0.5, 0.6) is 0 Å². The lowest BCUT2D eigenvalue weighted by atomic mass is 10.2. The van der Waals surface area contributed by atoms with Gasteiger partial charge in [0.05, 0.1) is 6.42 Å². The Kier molecular flexibility index (Phi) is 4.12. The second kappa shape index (κ2) is 6.00. The topological polar surface area (TPSA) is 46.9 Å². The van der Waals surface area contributed by atoms with Crippen molar-refractivity contribution in [2.75, 3.05) is 6.54 Å². The minimum Gasteiger partial charge on any atom is -0.354 e. The van der Waals surface area contributed by atoms with Crippen molar-refractivity contribution < 1.29 is 4.79 Å². The van der Waals surface area contributed by atoms with Crippen LogP contribution in [0.4, 0.5) is 0 Å². The SMILES string of the molecule is Cc1ccc(CC(=O)NCCn2cccc2)cn1. The Morgan fingerprint density at radius 3 is 2.78 bits per heavy atom. The van der Waals surface area contributed by atoms with Crippen LogP contribution in [0.15, 0.2) is 42.9 Å². The lowest BCUT2D eigenvalue weighted by molar-refractivity contribution is -0.120. The summed E-state index contributed by atoms with van der Waals surface area (Å²) in [6, 6.07) is 7.80. The minimum absolute atomic E-state index is 0.0350. The molecule has 0 saturated carbocycles. The fourth-order valence-corrected chi connectivity index (χ4v) is 1.69. The molecular weight excluding hydrogens is 226 g/mol. The van der Waals surface area contributed by atoms with Gasteiger partial charge in [0.2, 0.25) is 5.91 Å². The van der Waals surface area contributed by atoms with Gasteiger partial charge in [-0.3, -0.25) is 9.78 Å². The summed E-state index contributed by atoms with van der Waals surface area (Å²) in [5.74, 6) is 0.0350. The Balaban J connectivity index is 1.73. The largest absolute Gasteiger partial charge is 0.354 e. The molecule has 0 radical (unpaired) electrons. The molecule has 1 N–H and O–H groups in total. The summed E-state index contributed by atoms with van der Waals surface area (Å²) >= 11 is 0. The Morgan fingerprint density at radius 1 is 1.33 bits per heavy atom. The van der Waals surface area contributed by atoms with E-state index < -0.39 is 0 Å². The molecular formula is C14H17N3O. The third kappa shape index (κ3) is 3.73. The number of hydrogen-bond donors (Lipinski definition) is 1. The molecule has 0 bridgehead atoms. The van der Waals surface area contributed by atoms with E-state index in [-0.39, 0.29) is 5.91 Å². The average Bonchev–Trinajstić information content (AvgIpc) is 2.85. The van der Waals surface area contributed by atoms with Crippen LogP contribution in [0.25, 0.3) is 0 Å². The van der Waals surface area contributed by atoms with E-state index in [0.717, 1.165) is 17.8 Å². The molecule has 0 aliphatic heterocycles. The first kappa shape index (κ1) is 12.4. The van der Waals surface area contributed by atoms with Crippen LogP contribution in [0.1, 0.15) is 11.3 Å². The molecule has 0 unspecified atom stereocenters. The molecule has 0 atom stereocenters. The fraction of sp³-hybridized carbons (Fsp3) is 0.286. The molecule has 2 heterocycles. The molecule has 4 heteroatoms. The molecule has 2 aromatic heterocycles. The number of aryl methyl sites for hydroxylation is 1. The number of carbonyl (C=O) groups is 1. The van der Waals surface area contributed by atoms with Crippen LogP contribution in [-0.2, 0) is 17.8 Å². The summed E-state index contributed by atoms with van der Waals surface area (Å²) in [4.78, 5) is 15.8. The van der Waals surface area contributed by atoms with Gasteiger partial charge in [-0.1, -0.05) is 6.07 Å². The predicted molar refractivity (Wildman–Crippen MR) is 70.1 cm³/mol. The first-order valence-electron chi connectivity index (χ1n) is 6.03. The summed E-state index contributed by atoms with van der Waals surface area (Å²) in [6.45, 7) is 3.37. The highest BCUT2D eigenvalue weighted by Crippen LogP contribution is 2.00. The molecule has 2 rings (SSSR count). The molecule has 0 saturated heterocycles. The zero-order chi connectivity index (χ0) is 12.8. The van der Waals surface area contributed by atoms with E-state index in [9.17, 15) is 4.79 Å². The quantitative estimate of drug-likeness (QED) is 0.866. The molecule has 0 spiro atoms. The number of aromatic nitrogens is 2. The molecule has 0 aliphatic carbocycles. The average molecular weight is 243 g/mol. The highest BCUT2D eigenvalue weighted by atomic mass is 16.1. The molecule has 0 aromatic carbocycles. The van der Waals surface area contributed by atoms with Crippen LogP contribution in [0, 0.1) is 6.92 Å². The zero-order valence-corrected chi connectivity index (χ0v) is 10.5. The smallest absolute Gasteiger partial charge is 0.224 e. The van der Waals surface area contributed by atoms with Crippen molar-refractivity contribution in [1.82, 2.24) is 14.9 Å². The van der Waals surface area contributed by atoms with E-state index in [1.54, 1.807) is 6.20 Å². The van der Waals surface area contributed by atoms with E-state index in [0.29, 0.717) is 13.0 Å². The normalized spacial score (nSPS) is 10.3. The van der Waals surface area contributed by atoms with E-state index in [2.05, 4.69) is 10.3 Å². The van der Waals surface area contributed by atoms with Crippen molar-refractivity contribution in [2.45, 2.75) is 19.9 Å². The van der Waals surface area contributed by atoms with Crippen molar-refractivity contribution in [3.05, 3.63) is 54.1 Å². The van der Waals surface area contributed by atoms with E-state index in [1.807, 2.05) is 48.1 Å². The van der Waals surface area contributed by atoms with Crippen molar-refractivity contribution in [1.29, 1.82) is 0 Å². The van der Waals surface area contributed by atoms with Crippen LogP contribution in [0.2, 0.25) is 0 Å². The molecule has 18 heavy (non-hydrogen) atoms. The number of amides is 1. The molecule has 2 aromatic rings. The lowest BCUT2D eigenvalue weighted by Gasteiger charge is -2.06. The van der Waals surface area contributed by atoms with E-state index in [4.69, 9.17) is 0 Å². The maximum absolute atomic E-state index is 11.7. The van der Waals surface area contributed by atoms with Crippen molar-refractivity contribution in [3.63, 3.8) is 0 Å². The maximum atomic E-state index is 11.7. The number of carbonyl (C=O) groups excluding carboxylic acids is 1. The maximum Gasteiger partial charge on any atom is 0.224 e. The summed E-state index contributed by atoms with van der Waals surface area (Å²) < 4.78 is 2.04. The number of pyridine rings is 1. The summed E-state index contributed by atoms with van der Waals surface area (Å²) in [5, 5.41) is 2.90. The highest BCUT2D eigenvalue weighted by Gasteiger charge is 2.02. The van der Waals surface area contributed by atoms with Gasteiger partial charge in [0, 0.05) is 37.4 Å². The van der Waals surface area contributed by atoms with Gasteiger partial charge in [0.1, 0.15) is 0 Å². The van der Waals surface area contributed by atoms with Crippen molar-refractivity contribution in [3.8, 4) is 0 Å². The molecule has 4 nitrogen and oxygen atoms in total. The molecule has 94 valence electrons. The lowest BCUT2D eigenvalue weighted by Crippen LogP contribution is -2.28. The van der Waals surface area contributed by atoms with Crippen LogP contribution >= 0.6 is 0 Å². The third-order valence-electron chi connectivity index (χ3n) is 2.70. The number of hydrogen-bond acceptors (Lipinski definition) is 2. The van der Waals surface area contributed by atoms with Gasteiger partial charge in [-0.05, 0) is 30.7 Å². The second-order valence-corrected chi connectivity index (χ2v) is 4.26. The van der Waals surface area contributed by atoms with Gasteiger partial charge in [-0.15, -0.1) is 0 Å². The summed E-state index contributed by atoms with van der Waals surface area (Å²) in [6.07, 6.45) is 6.10. The Labute approximate surface area is 107 Å². The monoisotopic (exact) mass is 243 g/mol. The summed E-state index contributed by atoms with van der Waals surface area (Å²) in [5.41, 5.74) is 1.91.